The highest BCUT2D eigenvalue weighted by atomic mass is 19.4. The molecule has 7 nitrogen and oxygen atoms in total. The maximum Gasteiger partial charge on any atom is 0.416 e. The van der Waals surface area contributed by atoms with Gasteiger partial charge in [-0.1, -0.05) is 0 Å². The van der Waals surface area contributed by atoms with Gasteiger partial charge in [-0.3, -0.25) is 9.69 Å². The predicted molar refractivity (Wildman–Crippen MR) is 162 cm³/mol. The molecule has 0 radical (unpaired) electrons. The molecule has 2 aliphatic carbocycles. The average molecular weight is 609 g/mol. The van der Waals surface area contributed by atoms with E-state index in [1.54, 1.807) is 17.9 Å². The number of hydrogen-bond acceptors (Lipinski definition) is 5. The van der Waals surface area contributed by atoms with E-state index in [1.165, 1.54) is 17.2 Å². The van der Waals surface area contributed by atoms with E-state index in [0.29, 0.717) is 42.4 Å². The van der Waals surface area contributed by atoms with Crippen LogP contribution in [0.3, 0.4) is 0 Å². The summed E-state index contributed by atoms with van der Waals surface area (Å²) in [6.45, 7) is 5.65. The van der Waals surface area contributed by atoms with Crippen molar-refractivity contribution < 1.29 is 27.8 Å². The molecule has 1 fully saturated rings. The molecule has 234 valence electrons. The number of hydrogen-bond donors (Lipinski definition) is 1. The van der Waals surface area contributed by atoms with E-state index in [9.17, 15) is 33.5 Å². The van der Waals surface area contributed by atoms with Crippen molar-refractivity contribution in [2.75, 3.05) is 18.0 Å². The molecule has 0 atom stereocenters. The van der Waals surface area contributed by atoms with Gasteiger partial charge in [-0.15, -0.1) is 0 Å². The first-order chi connectivity index (χ1) is 21.0. The predicted octanol–water partition coefficient (Wildman–Crippen LogP) is 7.00. The van der Waals surface area contributed by atoms with Gasteiger partial charge in [0.1, 0.15) is 18.8 Å². The number of hydroxylamine groups is 1. The lowest BCUT2D eigenvalue weighted by atomic mass is 9.81. The SMILES string of the molecule is CCN(CC1CCC(C(=O)O)CC1)c1cc2c(cc1CN(Cc1cc(C#N)cc(C(F)(F)F)c1)C1=CC(C)=[N+]1[O-])CCCC2. The van der Waals surface area contributed by atoms with Crippen LogP contribution in [0.5, 0.6) is 0 Å². The van der Waals surface area contributed by atoms with Crippen molar-refractivity contribution in [3.8, 4) is 6.07 Å². The average Bonchev–Trinajstić information content (AvgIpc) is 3.01. The summed E-state index contributed by atoms with van der Waals surface area (Å²) in [7, 11) is 0. The highest BCUT2D eigenvalue weighted by Gasteiger charge is 2.34. The number of fused-ring (bicyclic) bond motifs is 1. The third-order valence-electron chi connectivity index (χ3n) is 9.31. The Morgan fingerprint density at radius 3 is 2.30 bits per heavy atom. The normalized spacial score (nSPS) is 19.9. The molecule has 44 heavy (non-hydrogen) atoms. The van der Waals surface area contributed by atoms with Crippen molar-refractivity contribution >= 4 is 17.4 Å². The number of carbonyl (C=O) groups is 1. The number of carboxylic acid groups (broad SMARTS) is 1. The fourth-order valence-electron chi connectivity index (χ4n) is 6.84. The van der Waals surface area contributed by atoms with Crippen molar-refractivity contribution in [3.63, 3.8) is 0 Å². The zero-order valence-corrected chi connectivity index (χ0v) is 25.3. The number of benzene rings is 2. The van der Waals surface area contributed by atoms with Crippen molar-refractivity contribution in [1.82, 2.24) is 4.90 Å². The number of halogens is 3. The Bertz CT molecular complexity index is 1520. The molecule has 0 bridgehead atoms. The summed E-state index contributed by atoms with van der Waals surface area (Å²) < 4.78 is 41.8. The van der Waals surface area contributed by atoms with E-state index in [0.717, 1.165) is 79.7 Å². The molecule has 0 spiro atoms. The maximum atomic E-state index is 13.7. The first kappa shape index (κ1) is 31.4. The van der Waals surface area contributed by atoms with Crippen LogP contribution >= 0.6 is 0 Å². The van der Waals surface area contributed by atoms with Gasteiger partial charge >= 0.3 is 12.1 Å². The Morgan fingerprint density at radius 1 is 1.05 bits per heavy atom. The summed E-state index contributed by atoms with van der Waals surface area (Å²) in [5.41, 5.74) is 4.48. The summed E-state index contributed by atoms with van der Waals surface area (Å²) in [5.74, 6) is -0.265. The monoisotopic (exact) mass is 608 g/mol. The molecule has 0 saturated heterocycles. The zero-order valence-electron chi connectivity index (χ0n) is 25.3. The molecule has 0 aromatic heterocycles. The Kier molecular flexibility index (Phi) is 9.23. The summed E-state index contributed by atoms with van der Waals surface area (Å²) in [6.07, 6.45) is 4.34. The number of nitrogens with zero attached hydrogens (tertiary/aromatic N) is 4. The summed E-state index contributed by atoms with van der Waals surface area (Å²) >= 11 is 0. The van der Waals surface area contributed by atoms with E-state index in [2.05, 4.69) is 24.0 Å². The topological polar surface area (TPSA) is 93.6 Å². The van der Waals surface area contributed by atoms with Crippen LogP contribution in [-0.2, 0) is 36.9 Å². The van der Waals surface area contributed by atoms with E-state index >= 15 is 0 Å². The van der Waals surface area contributed by atoms with E-state index in [4.69, 9.17) is 0 Å². The summed E-state index contributed by atoms with van der Waals surface area (Å²) in [5, 5.41) is 31.7. The van der Waals surface area contributed by atoms with Crippen LogP contribution in [0.25, 0.3) is 0 Å². The quantitative estimate of drug-likeness (QED) is 0.231. The number of aryl methyl sites for hydroxylation is 2. The van der Waals surface area contributed by atoms with Gasteiger partial charge in [0.05, 0.1) is 29.2 Å². The molecule has 5 rings (SSSR count). The fraction of sp³-hybridized carbons (Fsp3) is 0.500. The van der Waals surface area contributed by atoms with Crippen molar-refractivity contribution in [2.24, 2.45) is 11.8 Å². The summed E-state index contributed by atoms with van der Waals surface area (Å²) in [6, 6.07) is 9.66. The van der Waals surface area contributed by atoms with E-state index in [-0.39, 0.29) is 18.0 Å². The van der Waals surface area contributed by atoms with Gasteiger partial charge in [0.15, 0.2) is 0 Å². The second-order valence-corrected chi connectivity index (χ2v) is 12.4. The molecule has 3 aliphatic rings. The molecular formula is C34H39F3N4O3. The van der Waals surface area contributed by atoms with Crippen LogP contribution in [-0.4, -0.2) is 39.5 Å². The number of alkyl halides is 3. The first-order valence-electron chi connectivity index (χ1n) is 15.5. The number of nitriles is 1. The van der Waals surface area contributed by atoms with Crippen molar-refractivity contribution in [3.05, 3.63) is 80.8 Å². The van der Waals surface area contributed by atoms with Crippen molar-refractivity contribution in [2.45, 2.75) is 84.5 Å². The number of allylic oxidation sites excluding steroid dienone is 1. The highest BCUT2D eigenvalue weighted by Crippen LogP contribution is 2.36. The molecule has 1 saturated carbocycles. The Labute approximate surface area is 256 Å². The van der Waals surface area contributed by atoms with Crippen LogP contribution in [0.4, 0.5) is 18.9 Å². The molecule has 2 aromatic rings. The number of rotatable bonds is 10. The molecule has 0 unspecified atom stereocenters. The maximum absolute atomic E-state index is 13.7. The third kappa shape index (κ3) is 6.87. The minimum Gasteiger partial charge on any atom is -0.710 e. The molecule has 1 aliphatic heterocycles. The third-order valence-corrected chi connectivity index (χ3v) is 9.31. The Balaban J connectivity index is 1.48. The smallest absolute Gasteiger partial charge is 0.416 e. The van der Waals surface area contributed by atoms with Gasteiger partial charge in [-0.25, -0.2) is 4.74 Å². The van der Waals surface area contributed by atoms with Crippen LogP contribution in [0.1, 0.15) is 85.8 Å². The van der Waals surface area contributed by atoms with Gasteiger partial charge in [0.25, 0.3) is 5.82 Å². The molecule has 2 aromatic carbocycles. The minimum absolute atomic E-state index is 0.0261. The van der Waals surface area contributed by atoms with Crippen LogP contribution < -0.4 is 4.90 Å². The van der Waals surface area contributed by atoms with Gasteiger partial charge in [-0.05, 0) is 118 Å². The lowest BCUT2D eigenvalue weighted by Gasteiger charge is -2.35. The molecule has 1 N–H and O–H groups in total. The second kappa shape index (κ2) is 12.9. The van der Waals surface area contributed by atoms with Crippen LogP contribution in [0.2, 0.25) is 0 Å². The minimum atomic E-state index is -4.60. The first-order valence-corrected chi connectivity index (χ1v) is 15.5. The number of aliphatic carboxylic acids is 1. The summed E-state index contributed by atoms with van der Waals surface area (Å²) in [4.78, 5) is 15.6. The molecule has 10 heteroatoms. The molecular weight excluding hydrogens is 569 g/mol. The number of carboxylic acids is 1. The van der Waals surface area contributed by atoms with Crippen LogP contribution in [0, 0.1) is 28.4 Å². The lowest BCUT2D eigenvalue weighted by Crippen LogP contribution is -2.37. The van der Waals surface area contributed by atoms with Crippen LogP contribution in [0.15, 0.2) is 42.2 Å². The molecule has 1 heterocycles. The molecule has 0 amide bonds. The zero-order chi connectivity index (χ0) is 31.6. The second-order valence-electron chi connectivity index (χ2n) is 12.4. The van der Waals surface area contributed by atoms with Crippen molar-refractivity contribution in [1.29, 1.82) is 5.26 Å². The highest BCUT2D eigenvalue weighted by molar-refractivity contribution is 5.92. The Morgan fingerprint density at radius 2 is 1.73 bits per heavy atom. The van der Waals surface area contributed by atoms with Gasteiger partial charge in [0.2, 0.25) is 0 Å². The van der Waals surface area contributed by atoms with E-state index < -0.39 is 17.7 Å². The lowest BCUT2D eigenvalue weighted by molar-refractivity contribution is -0.438. The van der Waals surface area contributed by atoms with Gasteiger partial charge in [-0.2, -0.15) is 18.4 Å². The van der Waals surface area contributed by atoms with Gasteiger partial charge < -0.3 is 15.2 Å². The number of anilines is 1. The Hall–Kier alpha value is -4.00. The largest absolute Gasteiger partial charge is 0.710 e. The standard InChI is InChI=1S/C34H39F3N4O3/c1-3-39(19-23-8-10-26(11-9-23)33(42)43)31-17-28-7-5-4-6-27(28)16-29(31)21-40(32-12-22(2)41(32)44)20-25-13-24(18-38)14-30(15-25)34(35,36)37/h12-17,23,26H,3-11,19-21H2,1-2H3,(H,42,43). The van der Waals surface area contributed by atoms with E-state index in [1.807, 2.05) is 6.07 Å². The fourth-order valence-corrected chi connectivity index (χ4v) is 6.84. The van der Waals surface area contributed by atoms with Gasteiger partial charge in [0, 0.05) is 24.3 Å².